The van der Waals surface area contributed by atoms with E-state index in [0.717, 1.165) is 16.3 Å². The van der Waals surface area contributed by atoms with Gasteiger partial charge in [0.1, 0.15) is 0 Å². The number of hydrogen-bond acceptors (Lipinski definition) is 4. The van der Waals surface area contributed by atoms with Crippen LogP contribution in [0, 0.1) is 5.92 Å². The summed E-state index contributed by atoms with van der Waals surface area (Å²) in [5.41, 5.74) is 0.903. The van der Waals surface area contributed by atoms with Crippen molar-refractivity contribution in [3.63, 3.8) is 0 Å². The quantitative estimate of drug-likeness (QED) is 0.834. The average molecular weight is 327 g/mol. The van der Waals surface area contributed by atoms with Gasteiger partial charge in [0.05, 0.1) is 17.2 Å². The molecular weight excluding hydrogens is 306 g/mol. The first-order chi connectivity index (χ1) is 9.89. The predicted molar refractivity (Wildman–Crippen MR) is 87.6 cm³/mol. The number of fused-ring (bicyclic) bond motifs is 1. The van der Waals surface area contributed by atoms with Crippen LogP contribution >= 0.6 is 11.8 Å². The largest absolute Gasteiger partial charge is 0.310 e. The Morgan fingerprint density at radius 1 is 1.33 bits per heavy atom. The summed E-state index contributed by atoms with van der Waals surface area (Å²) >= 11 is 1.73. The molecule has 1 aliphatic heterocycles. The van der Waals surface area contributed by atoms with Gasteiger partial charge < -0.3 is 4.90 Å². The molecule has 0 unspecified atom stereocenters. The first kappa shape index (κ1) is 16.4. The van der Waals surface area contributed by atoms with Crippen molar-refractivity contribution in [3.05, 3.63) is 24.3 Å². The van der Waals surface area contributed by atoms with Gasteiger partial charge in [-0.05, 0) is 18.1 Å². The molecule has 0 spiro atoms. The Morgan fingerprint density at radius 3 is 2.76 bits per heavy atom. The van der Waals surface area contributed by atoms with E-state index in [9.17, 15) is 13.2 Å². The maximum Gasteiger partial charge on any atom is 0.228 e. The summed E-state index contributed by atoms with van der Waals surface area (Å²) in [7, 11) is -3.14. The molecule has 0 aliphatic carbocycles. The van der Waals surface area contributed by atoms with E-state index in [-0.39, 0.29) is 29.8 Å². The average Bonchev–Trinajstić information content (AvgIpc) is 2.43. The zero-order chi connectivity index (χ0) is 15.5. The summed E-state index contributed by atoms with van der Waals surface area (Å²) in [5.74, 6) is 0.927. The molecule has 0 N–H and O–H groups in total. The molecule has 2 rings (SSSR count). The van der Waals surface area contributed by atoms with Crippen molar-refractivity contribution in [2.24, 2.45) is 5.92 Å². The number of carbonyl (C=O) groups excluding carboxylic acids is 1. The lowest BCUT2D eigenvalue weighted by atomic mass is 10.2. The first-order valence-corrected chi connectivity index (χ1v) is 9.92. The van der Waals surface area contributed by atoms with Gasteiger partial charge in [-0.3, -0.25) is 4.79 Å². The molecule has 1 heterocycles. The van der Waals surface area contributed by atoms with Gasteiger partial charge in [-0.1, -0.05) is 26.0 Å². The maximum atomic E-state index is 12.3. The van der Waals surface area contributed by atoms with Crippen molar-refractivity contribution in [2.75, 3.05) is 28.7 Å². The van der Waals surface area contributed by atoms with Gasteiger partial charge >= 0.3 is 0 Å². The standard InChI is InChI=1S/C15H21NO3S2/c1-12(2)11-21(18,19)10-7-15(17)16-8-9-20-14-6-4-3-5-13(14)16/h3-6,12H,7-11H2,1-2H3. The first-order valence-electron chi connectivity index (χ1n) is 7.11. The van der Waals surface area contributed by atoms with Crippen LogP contribution in [-0.2, 0) is 14.6 Å². The fourth-order valence-corrected chi connectivity index (χ4v) is 5.06. The Kier molecular flexibility index (Phi) is 5.32. The van der Waals surface area contributed by atoms with E-state index in [1.54, 1.807) is 16.7 Å². The third kappa shape index (κ3) is 4.48. The Morgan fingerprint density at radius 2 is 2.05 bits per heavy atom. The van der Waals surface area contributed by atoms with Gasteiger partial charge in [0.15, 0.2) is 9.84 Å². The second kappa shape index (κ2) is 6.83. The van der Waals surface area contributed by atoms with Gasteiger partial charge in [-0.15, -0.1) is 11.8 Å². The number of rotatable bonds is 5. The zero-order valence-corrected chi connectivity index (χ0v) is 14.0. The van der Waals surface area contributed by atoms with Crippen molar-refractivity contribution in [2.45, 2.75) is 25.2 Å². The smallest absolute Gasteiger partial charge is 0.228 e. The van der Waals surface area contributed by atoms with Crippen molar-refractivity contribution in [1.82, 2.24) is 0 Å². The minimum absolute atomic E-state index is 0.0597. The molecule has 0 atom stereocenters. The van der Waals surface area contributed by atoms with Gasteiger partial charge in [0, 0.05) is 23.6 Å². The summed E-state index contributed by atoms with van der Waals surface area (Å²) in [6.45, 7) is 4.39. The summed E-state index contributed by atoms with van der Waals surface area (Å²) in [5, 5.41) is 0. The monoisotopic (exact) mass is 327 g/mol. The van der Waals surface area contributed by atoms with E-state index in [1.165, 1.54) is 0 Å². The third-order valence-corrected chi connectivity index (χ3v) is 6.29. The molecule has 0 aromatic heterocycles. The van der Waals surface area contributed by atoms with E-state index < -0.39 is 9.84 Å². The van der Waals surface area contributed by atoms with E-state index in [4.69, 9.17) is 0 Å². The lowest BCUT2D eigenvalue weighted by Crippen LogP contribution is -2.36. The number of benzene rings is 1. The molecule has 116 valence electrons. The molecule has 1 aliphatic rings. The van der Waals surface area contributed by atoms with Crippen LogP contribution in [0.15, 0.2) is 29.2 Å². The molecule has 0 bridgehead atoms. The lowest BCUT2D eigenvalue weighted by Gasteiger charge is -2.29. The van der Waals surface area contributed by atoms with Crippen molar-refractivity contribution in [3.8, 4) is 0 Å². The number of amides is 1. The highest BCUT2D eigenvalue weighted by Crippen LogP contribution is 2.34. The van der Waals surface area contributed by atoms with Crippen LogP contribution in [0.3, 0.4) is 0 Å². The van der Waals surface area contributed by atoms with Gasteiger partial charge in [-0.2, -0.15) is 0 Å². The molecule has 0 saturated carbocycles. The summed E-state index contributed by atoms with van der Waals surface area (Å²) < 4.78 is 23.8. The number of anilines is 1. The normalized spacial score (nSPS) is 15.1. The number of sulfone groups is 1. The van der Waals surface area contributed by atoms with Crippen molar-refractivity contribution < 1.29 is 13.2 Å². The highest BCUT2D eigenvalue weighted by Gasteiger charge is 2.24. The third-order valence-electron chi connectivity index (χ3n) is 3.24. The summed E-state index contributed by atoms with van der Waals surface area (Å²) in [6, 6.07) is 7.77. The van der Waals surface area contributed by atoms with Crippen LogP contribution in [-0.4, -0.2) is 38.1 Å². The molecule has 21 heavy (non-hydrogen) atoms. The van der Waals surface area contributed by atoms with Crippen LogP contribution in [0.2, 0.25) is 0 Å². The molecule has 6 heteroatoms. The Bertz CT molecular complexity index is 611. The van der Waals surface area contributed by atoms with E-state index >= 15 is 0 Å². The SMILES string of the molecule is CC(C)CS(=O)(=O)CCC(=O)N1CCSc2ccccc21. The molecule has 4 nitrogen and oxygen atoms in total. The van der Waals surface area contributed by atoms with Crippen molar-refractivity contribution in [1.29, 1.82) is 0 Å². The van der Waals surface area contributed by atoms with Crippen LogP contribution in [0.25, 0.3) is 0 Å². The second-order valence-electron chi connectivity index (χ2n) is 5.62. The lowest BCUT2D eigenvalue weighted by molar-refractivity contribution is -0.118. The number of carbonyl (C=O) groups is 1. The number of para-hydroxylation sites is 1. The van der Waals surface area contributed by atoms with Crippen LogP contribution < -0.4 is 4.90 Å². The number of hydrogen-bond donors (Lipinski definition) is 0. The van der Waals surface area contributed by atoms with Crippen LogP contribution in [0.1, 0.15) is 20.3 Å². The molecule has 0 saturated heterocycles. The van der Waals surface area contributed by atoms with Gasteiger partial charge in [-0.25, -0.2) is 8.42 Å². The Balaban J connectivity index is 2.02. The minimum Gasteiger partial charge on any atom is -0.310 e. The van der Waals surface area contributed by atoms with Gasteiger partial charge in [0.2, 0.25) is 5.91 Å². The van der Waals surface area contributed by atoms with E-state index in [2.05, 4.69) is 0 Å². The Labute approximate surface area is 130 Å². The summed E-state index contributed by atoms with van der Waals surface area (Å²) in [6.07, 6.45) is 0.0635. The summed E-state index contributed by atoms with van der Waals surface area (Å²) in [4.78, 5) is 15.1. The second-order valence-corrected chi connectivity index (χ2v) is 8.99. The number of thioether (sulfide) groups is 1. The molecular formula is C15H21NO3S2. The van der Waals surface area contributed by atoms with Gasteiger partial charge in [0.25, 0.3) is 0 Å². The molecule has 1 amide bonds. The zero-order valence-electron chi connectivity index (χ0n) is 12.4. The Hall–Kier alpha value is -1.01. The predicted octanol–water partition coefficient (Wildman–Crippen LogP) is 2.59. The fraction of sp³-hybridized carbons (Fsp3) is 0.533. The minimum atomic E-state index is -3.14. The van der Waals surface area contributed by atoms with E-state index in [0.29, 0.717) is 6.54 Å². The van der Waals surface area contributed by atoms with Crippen LogP contribution in [0.4, 0.5) is 5.69 Å². The molecule has 0 fully saturated rings. The molecule has 1 aromatic rings. The van der Waals surface area contributed by atoms with E-state index in [1.807, 2.05) is 38.1 Å². The molecule has 0 radical (unpaired) electrons. The van der Waals surface area contributed by atoms with Crippen molar-refractivity contribution >= 4 is 33.2 Å². The maximum absolute atomic E-state index is 12.3. The van der Waals surface area contributed by atoms with Crippen LogP contribution in [0.5, 0.6) is 0 Å². The fourth-order valence-electron chi connectivity index (χ4n) is 2.40. The highest BCUT2D eigenvalue weighted by molar-refractivity contribution is 7.99. The highest BCUT2D eigenvalue weighted by atomic mass is 32.2. The topological polar surface area (TPSA) is 54.5 Å². The number of nitrogens with zero attached hydrogens (tertiary/aromatic N) is 1. The molecule has 1 aromatic carbocycles.